The van der Waals surface area contributed by atoms with Crippen LogP contribution in [0, 0.1) is 5.92 Å². The lowest BCUT2D eigenvalue weighted by molar-refractivity contribution is -0.118. The summed E-state index contributed by atoms with van der Waals surface area (Å²) in [6.45, 7) is 5.81. The van der Waals surface area contributed by atoms with E-state index in [0.717, 1.165) is 24.2 Å². The Bertz CT molecular complexity index is 525. The molecule has 0 radical (unpaired) electrons. The van der Waals surface area contributed by atoms with Gasteiger partial charge in [-0.25, -0.2) is 13.1 Å². The number of carbonyl (C=O) groups is 1. The van der Waals surface area contributed by atoms with Crippen LogP contribution in [0.3, 0.4) is 0 Å². The first-order valence-electron chi connectivity index (χ1n) is 6.01. The summed E-state index contributed by atoms with van der Waals surface area (Å²) >= 11 is 0.839. The van der Waals surface area contributed by atoms with E-state index in [9.17, 15) is 13.2 Å². The highest BCUT2D eigenvalue weighted by atomic mass is 32.2. The molecule has 0 unspecified atom stereocenters. The number of anilines is 1. The van der Waals surface area contributed by atoms with Gasteiger partial charge in [0.1, 0.15) is 0 Å². The molecule has 108 valence electrons. The van der Waals surface area contributed by atoms with Gasteiger partial charge in [-0.15, -0.1) is 10.2 Å². The van der Waals surface area contributed by atoms with E-state index in [-0.39, 0.29) is 21.3 Å². The van der Waals surface area contributed by atoms with Gasteiger partial charge in [-0.2, -0.15) is 0 Å². The van der Waals surface area contributed by atoms with Crippen molar-refractivity contribution >= 4 is 32.4 Å². The minimum absolute atomic E-state index is 0.136. The molecule has 1 amide bonds. The molecule has 1 rings (SSSR count). The molecular formula is C10H18N4O3S2. The maximum Gasteiger partial charge on any atom is 0.269 e. The third-order valence-electron chi connectivity index (χ3n) is 2.21. The Morgan fingerprint density at radius 1 is 1.37 bits per heavy atom. The number of carbonyl (C=O) groups excluding carboxylic acids is 1. The molecule has 19 heavy (non-hydrogen) atoms. The van der Waals surface area contributed by atoms with Crippen molar-refractivity contribution in [3.05, 3.63) is 0 Å². The van der Waals surface area contributed by atoms with Gasteiger partial charge in [-0.1, -0.05) is 38.5 Å². The maximum atomic E-state index is 11.8. The third-order valence-corrected chi connectivity index (χ3v) is 4.88. The van der Waals surface area contributed by atoms with Crippen molar-refractivity contribution in [3.8, 4) is 0 Å². The molecule has 1 aromatic heterocycles. The van der Waals surface area contributed by atoms with E-state index < -0.39 is 10.0 Å². The monoisotopic (exact) mass is 306 g/mol. The Hall–Kier alpha value is -1.06. The number of aromatic nitrogens is 2. The van der Waals surface area contributed by atoms with Crippen molar-refractivity contribution in [1.29, 1.82) is 0 Å². The largest absolute Gasteiger partial charge is 0.300 e. The van der Waals surface area contributed by atoms with Crippen LogP contribution in [0.5, 0.6) is 0 Å². The average Bonchev–Trinajstić information content (AvgIpc) is 2.78. The van der Waals surface area contributed by atoms with Gasteiger partial charge in [-0.3, -0.25) is 4.79 Å². The second-order valence-electron chi connectivity index (χ2n) is 4.27. The fraction of sp³-hybridized carbons (Fsp3) is 0.700. The summed E-state index contributed by atoms with van der Waals surface area (Å²) in [6.07, 6.45) is 1.66. The average molecular weight is 306 g/mol. The van der Waals surface area contributed by atoms with Crippen molar-refractivity contribution < 1.29 is 13.2 Å². The minimum atomic E-state index is -3.62. The van der Waals surface area contributed by atoms with Crippen LogP contribution < -0.4 is 10.0 Å². The van der Waals surface area contributed by atoms with Crippen LogP contribution in [-0.2, 0) is 14.8 Å². The van der Waals surface area contributed by atoms with Crippen LogP contribution in [0.25, 0.3) is 0 Å². The van der Waals surface area contributed by atoms with Gasteiger partial charge in [0.25, 0.3) is 10.0 Å². The normalized spacial score (nSPS) is 11.8. The lowest BCUT2D eigenvalue weighted by atomic mass is 10.2. The standard InChI is InChI=1S/C10H18N4O3S2/c1-4-5-6-11-19(16,17)10-14-13-9(18-10)12-8(15)7(2)3/h7,11H,4-6H2,1-3H3,(H,12,13,15). The van der Waals surface area contributed by atoms with E-state index >= 15 is 0 Å². The number of unbranched alkanes of at least 4 members (excludes halogenated alkanes) is 1. The molecule has 9 heteroatoms. The molecule has 0 fully saturated rings. The van der Waals surface area contributed by atoms with Gasteiger partial charge in [0.2, 0.25) is 15.4 Å². The molecule has 0 aliphatic carbocycles. The quantitative estimate of drug-likeness (QED) is 0.582. The lowest BCUT2D eigenvalue weighted by Crippen LogP contribution is -2.24. The van der Waals surface area contributed by atoms with E-state index in [2.05, 4.69) is 20.2 Å². The van der Waals surface area contributed by atoms with E-state index in [1.54, 1.807) is 13.8 Å². The molecule has 0 bridgehead atoms. The molecule has 0 atom stereocenters. The predicted octanol–water partition coefficient (Wildman–Crippen LogP) is 1.21. The number of nitrogens with zero attached hydrogens (tertiary/aromatic N) is 2. The van der Waals surface area contributed by atoms with Gasteiger partial charge >= 0.3 is 0 Å². The number of nitrogens with one attached hydrogen (secondary N) is 2. The van der Waals surface area contributed by atoms with Gasteiger partial charge < -0.3 is 5.32 Å². The SMILES string of the molecule is CCCCNS(=O)(=O)c1nnc(NC(=O)C(C)C)s1. The molecule has 0 aliphatic heterocycles. The number of rotatable bonds is 7. The number of hydrogen-bond donors (Lipinski definition) is 2. The molecule has 7 nitrogen and oxygen atoms in total. The molecule has 1 aromatic rings. The first kappa shape index (κ1) is 16.0. The van der Waals surface area contributed by atoms with E-state index in [1.807, 2.05) is 6.92 Å². The fourth-order valence-electron chi connectivity index (χ4n) is 1.06. The zero-order valence-electron chi connectivity index (χ0n) is 11.1. The van der Waals surface area contributed by atoms with Crippen LogP contribution in [0.4, 0.5) is 5.13 Å². The van der Waals surface area contributed by atoms with Crippen LogP contribution in [0.15, 0.2) is 4.34 Å². The molecule has 0 aliphatic rings. The Morgan fingerprint density at radius 3 is 2.63 bits per heavy atom. The zero-order chi connectivity index (χ0) is 14.5. The molecular weight excluding hydrogens is 288 g/mol. The van der Waals surface area contributed by atoms with Gasteiger partial charge in [0.05, 0.1) is 0 Å². The molecule has 0 spiro atoms. The second-order valence-corrected chi connectivity index (χ2v) is 7.19. The van der Waals surface area contributed by atoms with Crippen molar-refractivity contribution in [3.63, 3.8) is 0 Å². The van der Waals surface area contributed by atoms with E-state index in [4.69, 9.17) is 0 Å². The van der Waals surface area contributed by atoms with Crippen LogP contribution >= 0.6 is 11.3 Å². The van der Waals surface area contributed by atoms with E-state index in [0.29, 0.717) is 6.54 Å². The minimum Gasteiger partial charge on any atom is -0.300 e. The topological polar surface area (TPSA) is 101 Å². The summed E-state index contributed by atoms with van der Waals surface area (Å²) in [5.74, 6) is -0.425. The molecule has 2 N–H and O–H groups in total. The van der Waals surface area contributed by atoms with Gasteiger partial charge in [-0.05, 0) is 6.42 Å². The molecule has 1 heterocycles. The smallest absolute Gasteiger partial charge is 0.269 e. The van der Waals surface area contributed by atoms with Crippen LogP contribution in [-0.4, -0.2) is 31.1 Å². The highest BCUT2D eigenvalue weighted by Gasteiger charge is 2.20. The van der Waals surface area contributed by atoms with Crippen LogP contribution in [0.2, 0.25) is 0 Å². The van der Waals surface area contributed by atoms with Gasteiger partial charge in [0.15, 0.2) is 0 Å². The summed E-state index contributed by atoms with van der Waals surface area (Å²) in [7, 11) is -3.62. The number of amides is 1. The van der Waals surface area contributed by atoms with Crippen molar-refractivity contribution in [1.82, 2.24) is 14.9 Å². The number of sulfonamides is 1. The first-order chi connectivity index (χ1) is 8.86. The summed E-state index contributed by atoms with van der Waals surface area (Å²) in [5.41, 5.74) is 0. The highest BCUT2D eigenvalue weighted by molar-refractivity contribution is 7.91. The summed E-state index contributed by atoms with van der Waals surface area (Å²) in [6, 6.07) is 0. The predicted molar refractivity (Wildman–Crippen MR) is 73.5 cm³/mol. The Labute approximate surface area is 116 Å². The van der Waals surface area contributed by atoms with Gasteiger partial charge in [0, 0.05) is 12.5 Å². The first-order valence-corrected chi connectivity index (χ1v) is 8.30. The summed E-state index contributed by atoms with van der Waals surface area (Å²) < 4.78 is 25.9. The molecule has 0 saturated carbocycles. The highest BCUT2D eigenvalue weighted by Crippen LogP contribution is 2.20. The zero-order valence-corrected chi connectivity index (χ0v) is 12.8. The Kier molecular flexibility index (Phi) is 5.83. The molecule has 0 saturated heterocycles. The Balaban J connectivity index is 2.70. The summed E-state index contributed by atoms with van der Waals surface area (Å²) in [5, 5.41) is 9.94. The lowest BCUT2D eigenvalue weighted by Gasteiger charge is -2.02. The van der Waals surface area contributed by atoms with Crippen molar-refractivity contribution in [2.24, 2.45) is 5.92 Å². The number of hydrogen-bond acceptors (Lipinski definition) is 6. The summed E-state index contributed by atoms with van der Waals surface area (Å²) in [4.78, 5) is 11.4. The Morgan fingerprint density at radius 2 is 2.05 bits per heavy atom. The van der Waals surface area contributed by atoms with Crippen molar-refractivity contribution in [2.75, 3.05) is 11.9 Å². The third kappa shape index (κ3) is 4.84. The van der Waals surface area contributed by atoms with Crippen LogP contribution in [0.1, 0.15) is 33.6 Å². The second kappa shape index (κ2) is 6.92. The van der Waals surface area contributed by atoms with E-state index in [1.165, 1.54) is 0 Å². The maximum absolute atomic E-state index is 11.8. The molecule has 0 aromatic carbocycles. The van der Waals surface area contributed by atoms with Crippen molar-refractivity contribution in [2.45, 2.75) is 38.0 Å². The fourth-order valence-corrected chi connectivity index (χ4v) is 3.08.